The number of carbonyl (C=O) groups excluding carboxylic acids is 1. The highest BCUT2D eigenvalue weighted by atomic mass is 35.5. The fourth-order valence-electron chi connectivity index (χ4n) is 1.68. The van der Waals surface area contributed by atoms with Gasteiger partial charge in [0.15, 0.2) is 9.84 Å². The topological polar surface area (TPSA) is 89.0 Å². The van der Waals surface area contributed by atoms with Gasteiger partial charge in [-0.05, 0) is 18.2 Å². The lowest BCUT2D eigenvalue weighted by Gasteiger charge is -2.04. The molecule has 0 aliphatic heterocycles. The largest absolute Gasteiger partial charge is 0.302 e. The number of aromatic amines is 1. The number of sulfone groups is 1. The van der Waals surface area contributed by atoms with Crippen molar-refractivity contribution in [2.24, 2.45) is 7.05 Å². The summed E-state index contributed by atoms with van der Waals surface area (Å²) in [5.41, 5.74) is -0.449. The predicted octanol–water partition coefficient (Wildman–Crippen LogP) is 1.00. The fraction of sp³-hybridized carbons (Fsp3) is 0.167. The number of benzene rings is 1. The SMILES string of the molecule is Cn1[nH]cc(C(=O)c2ccc(S(C)(=O)=O)cc2Cl)c1=O. The van der Waals surface area contributed by atoms with Gasteiger partial charge in [0.1, 0.15) is 5.56 Å². The first-order chi connectivity index (χ1) is 9.21. The highest BCUT2D eigenvalue weighted by Crippen LogP contribution is 2.22. The summed E-state index contributed by atoms with van der Waals surface area (Å²) in [6, 6.07) is 3.78. The van der Waals surface area contributed by atoms with E-state index in [9.17, 15) is 18.0 Å². The number of aromatic nitrogens is 2. The first-order valence-corrected chi connectivity index (χ1v) is 7.77. The number of hydrogen-bond donors (Lipinski definition) is 1. The molecule has 0 unspecified atom stereocenters. The van der Waals surface area contributed by atoms with Gasteiger partial charge in [-0.2, -0.15) is 0 Å². The lowest BCUT2D eigenvalue weighted by atomic mass is 10.1. The normalized spacial score (nSPS) is 11.6. The number of rotatable bonds is 3. The minimum atomic E-state index is -3.40. The average molecular weight is 315 g/mol. The summed E-state index contributed by atoms with van der Waals surface area (Å²) in [5.74, 6) is -0.558. The first-order valence-electron chi connectivity index (χ1n) is 5.50. The molecular weight excluding hydrogens is 304 g/mol. The van der Waals surface area contributed by atoms with E-state index in [0.717, 1.165) is 10.9 Å². The van der Waals surface area contributed by atoms with Gasteiger partial charge >= 0.3 is 0 Å². The van der Waals surface area contributed by atoms with E-state index in [4.69, 9.17) is 11.6 Å². The van der Waals surface area contributed by atoms with Crippen LogP contribution in [-0.4, -0.2) is 30.2 Å². The molecule has 1 heterocycles. The molecule has 0 saturated carbocycles. The zero-order valence-electron chi connectivity index (χ0n) is 10.7. The van der Waals surface area contributed by atoms with E-state index in [1.165, 1.54) is 31.4 Å². The summed E-state index contributed by atoms with van der Waals surface area (Å²) in [6.07, 6.45) is 2.33. The lowest BCUT2D eigenvalue weighted by Crippen LogP contribution is -2.19. The first kappa shape index (κ1) is 14.5. The number of halogens is 1. The van der Waals surface area contributed by atoms with Gasteiger partial charge in [-0.15, -0.1) is 0 Å². The van der Waals surface area contributed by atoms with Crippen LogP contribution in [0.15, 0.2) is 34.1 Å². The number of nitrogens with one attached hydrogen (secondary N) is 1. The Morgan fingerprint density at radius 3 is 2.40 bits per heavy atom. The Bertz CT molecular complexity index is 849. The van der Waals surface area contributed by atoms with Crippen LogP contribution in [0.2, 0.25) is 5.02 Å². The van der Waals surface area contributed by atoms with Gasteiger partial charge in [0.25, 0.3) is 5.56 Å². The van der Waals surface area contributed by atoms with Crippen LogP contribution in [-0.2, 0) is 16.9 Å². The van der Waals surface area contributed by atoms with Gasteiger partial charge in [0, 0.05) is 25.1 Å². The summed E-state index contributed by atoms with van der Waals surface area (Å²) < 4.78 is 23.9. The van der Waals surface area contributed by atoms with Crippen LogP contribution in [0.5, 0.6) is 0 Å². The van der Waals surface area contributed by atoms with Gasteiger partial charge < -0.3 is 5.10 Å². The maximum Gasteiger partial charge on any atom is 0.277 e. The number of hydrogen-bond acceptors (Lipinski definition) is 4. The van der Waals surface area contributed by atoms with Crippen LogP contribution in [0.3, 0.4) is 0 Å². The third kappa shape index (κ3) is 2.54. The molecular formula is C12H11ClN2O4S. The molecule has 20 heavy (non-hydrogen) atoms. The summed E-state index contributed by atoms with van der Waals surface area (Å²) in [4.78, 5) is 23.9. The zero-order valence-corrected chi connectivity index (χ0v) is 12.2. The molecule has 0 spiro atoms. The van der Waals surface area contributed by atoms with Crippen LogP contribution >= 0.6 is 11.6 Å². The summed E-state index contributed by atoms with van der Waals surface area (Å²) in [5, 5.41) is 2.57. The van der Waals surface area contributed by atoms with Crippen LogP contribution in [0.4, 0.5) is 0 Å². The molecule has 8 heteroatoms. The molecule has 0 fully saturated rings. The van der Waals surface area contributed by atoms with Crippen LogP contribution in [0.25, 0.3) is 0 Å². The van der Waals surface area contributed by atoms with E-state index in [0.29, 0.717) is 0 Å². The molecule has 0 aliphatic carbocycles. The van der Waals surface area contributed by atoms with Gasteiger partial charge in [0.05, 0.1) is 9.92 Å². The van der Waals surface area contributed by atoms with Crippen LogP contribution in [0, 0.1) is 0 Å². The molecule has 0 bridgehead atoms. The van der Waals surface area contributed by atoms with E-state index < -0.39 is 21.2 Å². The second-order valence-electron chi connectivity index (χ2n) is 4.29. The van der Waals surface area contributed by atoms with Crippen molar-refractivity contribution in [1.29, 1.82) is 0 Å². The molecule has 0 saturated heterocycles. The summed E-state index contributed by atoms with van der Waals surface area (Å²) >= 11 is 5.94. The molecule has 2 aromatic rings. The number of nitrogens with zero attached hydrogens (tertiary/aromatic N) is 1. The van der Waals surface area contributed by atoms with E-state index in [2.05, 4.69) is 5.10 Å². The molecule has 6 nitrogen and oxygen atoms in total. The van der Waals surface area contributed by atoms with Gasteiger partial charge in [0.2, 0.25) is 5.78 Å². The van der Waals surface area contributed by atoms with Gasteiger partial charge in [-0.25, -0.2) is 8.42 Å². The maximum atomic E-state index is 12.2. The van der Waals surface area contributed by atoms with Crippen LogP contribution in [0.1, 0.15) is 15.9 Å². The highest BCUT2D eigenvalue weighted by Gasteiger charge is 2.19. The summed E-state index contributed by atoms with van der Waals surface area (Å²) in [6.45, 7) is 0. The Morgan fingerprint density at radius 2 is 1.95 bits per heavy atom. The number of H-pyrrole nitrogens is 1. The molecule has 0 radical (unpaired) electrons. The van der Waals surface area contributed by atoms with Crippen molar-refractivity contribution in [1.82, 2.24) is 9.78 Å². The molecule has 0 amide bonds. The minimum Gasteiger partial charge on any atom is -0.302 e. The number of ketones is 1. The maximum absolute atomic E-state index is 12.2. The van der Waals surface area contributed by atoms with Crippen molar-refractivity contribution >= 4 is 27.2 Å². The Morgan fingerprint density at radius 1 is 1.30 bits per heavy atom. The van der Waals surface area contributed by atoms with E-state index in [1.807, 2.05) is 0 Å². The molecule has 1 N–H and O–H groups in total. The third-order valence-corrected chi connectivity index (χ3v) is 4.22. The number of aryl methyl sites for hydroxylation is 1. The quantitative estimate of drug-likeness (QED) is 0.856. The van der Waals surface area contributed by atoms with Crippen molar-refractivity contribution in [2.45, 2.75) is 4.90 Å². The molecule has 2 rings (SSSR count). The Labute approximate surface area is 119 Å². The zero-order chi connectivity index (χ0) is 15.1. The van der Waals surface area contributed by atoms with Crippen molar-refractivity contribution < 1.29 is 13.2 Å². The molecule has 1 aromatic carbocycles. The molecule has 1 aromatic heterocycles. The van der Waals surface area contributed by atoms with E-state index >= 15 is 0 Å². The fourth-order valence-corrected chi connectivity index (χ4v) is 2.66. The third-order valence-electron chi connectivity index (χ3n) is 2.80. The molecule has 106 valence electrons. The lowest BCUT2D eigenvalue weighted by molar-refractivity contribution is 0.103. The van der Waals surface area contributed by atoms with Gasteiger partial charge in [-0.1, -0.05) is 11.6 Å². The second kappa shape index (κ2) is 4.92. The Kier molecular flexibility index (Phi) is 3.58. The molecule has 0 aliphatic rings. The summed E-state index contributed by atoms with van der Waals surface area (Å²) in [7, 11) is -1.92. The Balaban J connectivity index is 2.52. The van der Waals surface area contributed by atoms with Crippen molar-refractivity contribution in [2.75, 3.05) is 6.26 Å². The van der Waals surface area contributed by atoms with Crippen molar-refractivity contribution in [3.05, 3.63) is 50.9 Å². The monoisotopic (exact) mass is 314 g/mol. The Hall–Kier alpha value is -1.86. The average Bonchev–Trinajstić information content (AvgIpc) is 2.68. The minimum absolute atomic E-state index is 0.0128. The van der Waals surface area contributed by atoms with Gasteiger partial charge in [-0.3, -0.25) is 14.3 Å². The second-order valence-corrected chi connectivity index (χ2v) is 6.72. The van der Waals surface area contributed by atoms with Crippen molar-refractivity contribution in [3.8, 4) is 0 Å². The van der Waals surface area contributed by atoms with Crippen LogP contribution < -0.4 is 5.56 Å². The predicted molar refractivity (Wildman–Crippen MR) is 74.0 cm³/mol. The highest BCUT2D eigenvalue weighted by molar-refractivity contribution is 7.90. The van der Waals surface area contributed by atoms with Crippen molar-refractivity contribution in [3.63, 3.8) is 0 Å². The molecule has 0 atom stereocenters. The van der Waals surface area contributed by atoms with E-state index in [1.54, 1.807) is 0 Å². The van der Waals surface area contributed by atoms with E-state index in [-0.39, 0.29) is 21.0 Å². The number of carbonyl (C=O) groups is 1. The standard InChI is InChI=1S/C12H11ClN2O4S/c1-15-12(17)9(6-14-15)11(16)8-4-3-7(5-10(8)13)20(2,18)19/h3-6,14H,1-2H3. The smallest absolute Gasteiger partial charge is 0.277 e.